The van der Waals surface area contributed by atoms with Crippen molar-refractivity contribution >= 4 is 0 Å². The summed E-state index contributed by atoms with van der Waals surface area (Å²) in [7, 11) is 0. The summed E-state index contributed by atoms with van der Waals surface area (Å²) in [5.74, 6) is 0.423. The van der Waals surface area contributed by atoms with Gasteiger partial charge in [0.1, 0.15) is 12.4 Å². The van der Waals surface area contributed by atoms with E-state index in [1.165, 1.54) is 12.1 Å². The molecule has 1 aromatic rings. The van der Waals surface area contributed by atoms with Gasteiger partial charge in [-0.1, -0.05) is 0 Å². The first kappa shape index (κ1) is 15.1. The zero-order valence-corrected chi connectivity index (χ0v) is 11.1. The van der Waals surface area contributed by atoms with Crippen LogP contribution >= 0.6 is 0 Å². The summed E-state index contributed by atoms with van der Waals surface area (Å²) in [6.07, 6.45) is -2.08. The van der Waals surface area contributed by atoms with Gasteiger partial charge in [-0.2, -0.15) is 13.2 Å². The van der Waals surface area contributed by atoms with E-state index in [1.54, 1.807) is 0 Å². The largest absolute Gasteiger partial charge is 0.491 e. The lowest BCUT2D eigenvalue weighted by Gasteiger charge is -2.22. The first-order valence-electron chi connectivity index (χ1n) is 6.68. The van der Waals surface area contributed by atoms with Crippen molar-refractivity contribution in [2.45, 2.75) is 25.1 Å². The van der Waals surface area contributed by atoms with Crippen LogP contribution < -0.4 is 10.1 Å². The molecule has 2 rings (SSSR count). The van der Waals surface area contributed by atoms with Crippen molar-refractivity contribution in [1.29, 1.82) is 0 Å². The molecule has 0 spiro atoms. The lowest BCUT2D eigenvalue weighted by molar-refractivity contribution is -0.137. The Bertz CT molecular complexity index is 400. The molecule has 6 heteroatoms. The molecular weight excluding hydrogens is 271 g/mol. The lowest BCUT2D eigenvalue weighted by atomic mass is 10.1. The van der Waals surface area contributed by atoms with Crippen LogP contribution in [0.1, 0.15) is 18.4 Å². The number of hydrogen-bond donors (Lipinski definition) is 1. The van der Waals surface area contributed by atoms with E-state index in [1.807, 2.05) is 0 Å². The molecule has 0 radical (unpaired) electrons. The zero-order valence-electron chi connectivity index (χ0n) is 11.1. The molecule has 0 saturated carbocycles. The molecule has 1 saturated heterocycles. The van der Waals surface area contributed by atoms with Gasteiger partial charge >= 0.3 is 6.18 Å². The topological polar surface area (TPSA) is 30.5 Å². The smallest absolute Gasteiger partial charge is 0.416 e. The van der Waals surface area contributed by atoms with Gasteiger partial charge in [-0.3, -0.25) is 0 Å². The SMILES string of the molecule is FC(F)(F)c1ccc(OCCOC2CCNCC2)cc1. The van der Waals surface area contributed by atoms with Gasteiger partial charge in [0, 0.05) is 0 Å². The minimum atomic E-state index is -4.31. The number of benzene rings is 1. The van der Waals surface area contributed by atoms with Crippen molar-refractivity contribution in [3.8, 4) is 5.75 Å². The van der Waals surface area contributed by atoms with E-state index in [0.29, 0.717) is 19.0 Å². The van der Waals surface area contributed by atoms with Crippen LogP contribution in [0, 0.1) is 0 Å². The summed E-state index contributed by atoms with van der Waals surface area (Å²) in [5.41, 5.74) is -0.671. The Hall–Kier alpha value is -1.27. The summed E-state index contributed by atoms with van der Waals surface area (Å²) < 4.78 is 48.1. The van der Waals surface area contributed by atoms with Crippen molar-refractivity contribution in [1.82, 2.24) is 5.32 Å². The molecule has 3 nitrogen and oxygen atoms in total. The van der Waals surface area contributed by atoms with Crippen molar-refractivity contribution in [3.05, 3.63) is 29.8 Å². The van der Waals surface area contributed by atoms with Gasteiger partial charge in [0.25, 0.3) is 0 Å². The normalized spacial score (nSPS) is 17.1. The van der Waals surface area contributed by atoms with E-state index in [0.717, 1.165) is 38.1 Å². The van der Waals surface area contributed by atoms with Gasteiger partial charge in [0.05, 0.1) is 18.3 Å². The van der Waals surface area contributed by atoms with Gasteiger partial charge < -0.3 is 14.8 Å². The third-order valence-corrected chi connectivity index (χ3v) is 3.17. The van der Waals surface area contributed by atoms with E-state index in [9.17, 15) is 13.2 Å². The fourth-order valence-electron chi connectivity index (χ4n) is 2.08. The highest BCUT2D eigenvalue weighted by atomic mass is 19.4. The molecule has 0 atom stereocenters. The molecule has 112 valence electrons. The summed E-state index contributed by atoms with van der Waals surface area (Å²) in [4.78, 5) is 0. The molecule has 1 aliphatic heterocycles. The van der Waals surface area contributed by atoms with Gasteiger partial charge in [-0.15, -0.1) is 0 Å². The highest BCUT2D eigenvalue weighted by Crippen LogP contribution is 2.30. The van der Waals surface area contributed by atoms with E-state index in [2.05, 4.69) is 5.32 Å². The van der Waals surface area contributed by atoms with Crippen LogP contribution in [0.25, 0.3) is 0 Å². The molecule has 0 unspecified atom stereocenters. The molecule has 1 aliphatic rings. The predicted octanol–water partition coefficient (Wildman–Crippen LogP) is 2.85. The molecule has 0 bridgehead atoms. The third kappa shape index (κ3) is 4.68. The Balaban J connectivity index is 1.68. The van der Waals surface area contributed by atoms with Gasteiger partial charge in [-0.25, -0.2) is 0 Å². The molecule has 1 heterocycles. The predicted molar refractivity (Wildman–Crippen MR) is 68.8 cm³/mol. The third-order valence-electron chi connectivity index (χ3n) is 3.17. The summed E-state index contributed by atoms with van der Waals surface area (Å²) in [5, 5.41) is 3.25. The second-order valence-corrected chi connectivity index (χ2v) is 4.69. The van der Waals surface area contributed by atoms with Crippen LogP contribution in [0.5, 0.6) is 5.75 Å². The van der Waals surface area contributed by atoms with Crippen molar-refractivity contribution < 1.29 is 22.6 Å². The van der Waals surface area contributed by atoms with Crippen molar-refractivity contribution in [3.63, 3.8) is 0 Å². The van der Waals surface area contributed by atoms with Crippen LogP contribution in [-0.4, -0.2) is 32.4 Å². The standard InChI is InChI=1S/C14H18F3NO2/c15-14(16,17)11-1-3-12(4-2-11)19-9-10-20-13-5-7-18-8-6-13/h1-4,13,18H,5-10H2. The Morgan fingerprint density at radius 2 is 1.70 bits per heavy atom. The van der Waals surface area contributed by atoms with Crippen molar-refractivity contribution in [2.75, 3.05) is 26.3 Å². The molecule has 1 N–H and O–H groups in total. The minimum absolute atomic E-state index is 0.257. The number of hydrogen-bond acceptors (Lipinski definition) is 3. The number of halogens is 3. The maximum atomic E-state index is 12.4. The quantitative estimate of drug-likeness (QED) is 0.846. The van der Waals surface area contributed by atoms with E-state index in [4.69, 9.17) is 9.47 Å². The number of piperidine rings is 1. The van der Waals surface area contributed by atoms with Gasteiger partial charge in [0.15, 0.2) is 0 Å². The molecule has 1 aromatic carbocycles. The Kier molecular flexibility index (Phi) is 5.25. The molecule has 0 aromatic heterocycles. The number of alkyl halides is 3. The fourth-order valence-corrected chi connectivity index (χ4v) is 2.08. The Morgan fingerprint density at radius 1 is 1.05 bits per heavy atom. The fraction of sp³-hybridized carbons (Fsp3) is 0.571. The van der Waals surface area contributed by atoms with Crippen LogP contribution in [0.2, 0.25) is 0 Å². The summed E-state index contributed by atoms with van der Waals surface area (Å²) in [6.45, 7) is 2.72. The second kappa shape index (κ2) is 6.95. The first-order chi connectivity index (χ1) is 9.55. The van der Waals surface area contributed by atoms with Crippen LogP contribution in [0.4, 0.5) is 13.2 Å². The molecule has 0 amide bonds. The summed E-state index contributed by atoms with van der Waals surface area (Å²) >= 11 is 0. The monoisotopic (exact) mass is 289 g/mol. The maximum Gasteiger partial charge on any atom is 0.416 e. The first-order valence-corrected chi connectivity index (χ1v) is 6.68. The highest BCUT2D eigenvalue weighted by molar-refractivity contribution is 5.28. The average molecular weight is 289 g/mol. The summed E-state index contributed by atoms with van der Waals surface area (Å²) in [6, 6.07) is 4.69. The molecule has 0 aliphatic carbocycles. The zero-order chi connectivity index (χ0) is 14.4. The van der Waals surface area contributed by atoms with E-state index < -0.39 is 11.7 Å². The number of nitrogens with one attached hydrogen (secondary N) is 1. The van der Waals surface area contributed by atoms with E-state index >= 15 is 0 Å². The molecular formula is C14H18F3NO2. The van der Waals surface area contributed by atoms with E-state index in [-0.39, 0.29) is 6.10 Å². The second-order valence-electron chi connectivity index (χ2n) is 4.69. The number of rotatable bonds is 5. The molecule has 1 fully saturated rings. The highest BCUT2D eigenvalue weighted by Gasteiger charge is 2.29. The Morgan fingerprint density at radius 3 is 2.30 bits per heavy atom. The van der Waals surface area contributed by atoms with Gasteiger partial charge in [-0.05, 0) is 50.2 Å². The van der Waals surface area contributed by atoms with Crippen LogP contribution in [0.15, 0.2) is 24.3 Å². The van der Waals surface area contributed by atoms with Gasteiger partial charge in [0.2, 0.25) is 0 Å². The average Bonchev–Trinajstić information content (AvgIpc) is 2.44. The van der Waals surface area contributed by atoms with Crippen LogP contribution in [-0.2, 0) is 10.9 Å². The minimum Gasteiger partial charge on any atom is -0.491 e. The lowest BCUT2D eigenvalue weighted by Crippen LogP contribution is -2.33. The number of ether oxygens (including phenoxy) is 2. The van der Waals surface area contributed by atoms with Crippen molar-refractivity contribution in [2.24, 2.45) is 0 Å². The van der Waals surface area contributed by atoms with Crippen LogP contribution in [0.3, 0.4) is 0 Å². The molecule has 20 heavy (non-hydrogen) atoms. The maximum absolute atomic E-state index is 12.4. The Labute approximate surface area is 116 Å².